The van der Waals surface area contributed by atoms with Crippen LogP contribution in [0.5, 0.6) is 23.0 Å². The summed E-state index contributed by atoms with van der Waals surface area (Å²) in [5.41, 5.74) is 4.14. The molecule has 9 nitrogen and oxygen atoms in total. The lowest BCUT2D eigenvalue weighted by atomic mass is 10.2. The number of carbonyl (C=O) groups is 2. The van der Waals surface area contributed by atoms with Crippen molar-refractivity contribution in [1.29, 1.82) is 0 Å². The summed E-state index contributed by atoms with van der Waals surface area (Å²) < 4.78 is 22.3. The van der Waals surface area contributed by atoms with Crippen molar-refractivity contribution in [3.63, 3.8) is 0 Å². The molecule has 3 aromatic rings. The Kier molecular flexibility index (Phi) is 10.8. The summed E-state index contributed by atoms with van der Waals surface area (Å²) in [6, 6.07) is 16.8. The Morgan fingerprint density at radius 1 is 0.895 bits per heavy atom. The first kappa shape index (κ1) is 28.3. The van der Waals surface area contributed by atoms with E-state index in [1.807, 2.05) is 13.8 Å². The third-order valence-corrected chi connectivity index (χ3v) is 5.27. The maximum Gasteiger partial charge on any atom is 0.271 e. The number of rotatable bonds is 13. The summed E-state index contributed by atoms with van der Waals surface area (Å²) in [6.45, 7) is 4.58. The Balaban J connectivity index is 1.60. The normalized spacial score (nSPS) is 10.6. The number of hydrazone groups is 1. The van der Waals surface area contributed by atoms with E-state index in [1.165, 1.54) is 13.3 Å². The first-order chi connectivity index (χ1) is 18.4. The van der Waals surface area contributed by atoms with E-state index in [1.54, 1.807) is 60.7 Å². The summed E-state index contributed by atoms with van der Waals surface area (Å²) in [7, 11) is 1.52. The number of nitrogens with zero attached hydrogens (tertiary/aromatic N) is 1. The van der Waals surface area contributed by atoms with Crippen molar-refractivity contribution >= 4 is 35.3 Å². The van der Waals surface area contributed by atoms with E-state index in [0.717, 1.165) is 6.42 Å². The van der Waals surface area contributed by atoms with E-state index in [9.17, 15) is 9.59 Å². The lowest BCUT2D eigenvalue weighted by Crippen LogP contribution is -2.20. The van der Waals surface area contributed by atoms with Crippen molar-refractivity contribution in [1.82, 2.24) is 5.43 Å². The number of methoxy groups -OCH3 is 1. The van der Waals surface area contributed by atoms with Crippen LogP contribution in [0.1, 0.15) is 36.2 Å². The summed E-state index contributed by atoms with van der Waals surface area (Å²) in [4.78, 5) is 24.8. The average Bonchev–Trinajstić information content (AvgIpc) is 2.92. The Hall–Kier alpha value is -4.24. The predicted octanol–water partition coefficient (Wildman–Crippen LogP) is 5.32. The second kappa shape index (κ2) is 14.5. The fourth-order valence-corrected chi connectivity index (χ4v) is 3.36. The predicted molar refractivity (Wildman–Crippen MR) is 147 cm³/mol. The first-order valence-corrected chi connectivity index (χ1v) is 12.4. The maximum absolute atomic E-state index is 12.5. The molecule has 0 aliphatic rings. The highest BCUT2D eigenvalue weighted by molar-refractivity contribution is 6.30. The molecule has 38 heavy (non-hydrogen) atoms. The molecule has 0 heterocycles. The highest BCUT2D eigenvalue weighted by Crippen LogP contribution is 2.29. The monoisotopic (exact) mass is 539 g/mol. The molecule has 0 spiro atoms. The standard InChI is InChI=1S/C28H30ClN3O6/c1-4-14-37-23-13-7-20(16-25(23)35-3)28(34)32-30-17-19-6-12-24(26(15-19)36-5-2)38-18-27(33)31-22-10-8-21(29)9-11-22/h6-13,15-17H,4-5,14,18H2,1-3H3,(H,31,33)(H,32,34)/b30-17+. The lowest BCUT2D eigenvalue weighted by Gasteiger charge is -2.13. The Morgan fingerprint density at radius 3 is 2.34 bits per heavy atom. The van der Waals surface area contributed by atoms with Gasteiger partial charge in [-0.3, -0.25) is 9.59 Å². The summed E-state index contributed by atoms with van der Waals surface area (Å²) in [5.74, 6) is 1.14. The highest BCUT2D eigenvalue weighted by atomic mass is 35.5. The van der Waals surface area contributed by atoms with Gasteiger partial charge in [0.25, 0.3) is 11.8 Å². The smallest absolute Gasteiger partial charge is 0.271 e. The number of hydrogen-bond donors (Lipinski definition) is 2. The van der Waals surface area contributed by atoms with Gasteiger partial charge in [0, 0.05) is 16.3 Å². The number of nitrogens with one attached hydrogen (secondary N) is 2. The third-order valence-electron chi connectivity index (χ3n) is 5.02. The molecule has 10 heteroatoms. The molecule has 0 aliphatic carbocycles. The number of benzene rings is 3. The average molecular weight is 540 g/mol. The van der Waals surface area contributed by atoms with Crippen LogP contribution in [0.15, 0.2) is 65.8 Å². The van der Waals surface area contributed by atoms with Gasteiger partial charge in [-0.05, 0) is 79.6 Å². The molecule has 0 atom stereocenters. The van der Waals surface area contributed by atoms with E-state index in [-0.39, 0.29) is 12.5 Å². The van der Waals surface area contributed by atoms with Crippen LogP contribution in [0.2, 0.25) is 5.02 Å². The lowest BCUT2D eigenvalue weighted by molar-refractivity contribution is -0.118. The van der Waals surface area contributed by atoms with Gasteiger partial charge >= 0.3 is 0 Å². The zero-order valence-corrected chi connectivity index (χ0v) is 22.2. The van der Waals surface area contributed by atoms with Gasteiger partial charge in [0.1, 0.15) is 0 Å². The Morgan fingerprint density at radius 2 is 1.63 bits per heavy atom. The van der Waals surface area contributed by atoms with Crippen LogP contribution >= 0.6 is 11.6 Å². The summed E-state index contributed by atoms with van der Waals surface area (Å²) >= 11 is 5.86. The molecule has 0 saturated heterocycles. The van der Waals surface area contributed by atoms with Gasteiger partial charge in [0.15, 0.2) is 29.6 Å². The summed E-state index contributed by atoms with van der Waals surface area (Å²) in [6.07, 6.45) is 2.34. The molecule has 0 bridgehead atoms. The zero-order valence-electron chi connectivity index (χ0n) is 21.5. The molecule has 200 valence electrons. The van der Waals surface area contributed by atoms with Crippen molar-refractivity contribution < 1.29 is 28.5 Å². The minimum absolute atomic E-state index is 0.210. The van der Waals surface area contributed by atoms with Crippen LogP contribution in [0.4, 0.5) is 5.69 Å². The third kappa shape index (κ3) is 8.41. The number of hydrogen-bond acceptors (Lipinski definition) is 7. The van der Waals surface area contributed by atoms with Gasteiger partial charge in [-0.1, -0.05) is 18.5 Å². The fraction of sp³-hybridized carbons (Fsp3) is 0.250. The highest BCUT2D eigenvalue weighted by Gasteiger charge is 2.12. The maximum atomic E-state index is 12.5. The van der Waals surface area contributed by atoms with Crippen LogP contribution < -0.4 is 29.7 Å². The molecule has 3 aromatic carbocycles. The van der Waals surface area contributed by atoms with E-state index in [0.29, 0.717) is 58.0 Å². The molecular formula is C28H30ClN3O6. The molecule has 0 fully saturated rings. The zero-order chi connectivity index (χ0) is 27.3. The number of halogens is 1. The van der Waals surface area contributed by atoms with Gasteiger partial charge in [-0.15, -0.1) is 0 Å². The van der Waals surface area contributed by atoms with Crippen molar-refractivity contribution in [2.45, 2.75) is 20.3 Å². The van der Waals surface area contributed by atoms with Crippen LogP contribution in [-0.4, -0.2) is 45.0 Å². The fourth-order valence-electron chi connectivity index (χ4n) is 3.24. The van der Waals surface area contributed by atoms with Gasteiger partial charge in [0.2, 0.25) is 0 Å². The number of amides is 2. The molecule has 0 aliphatic heterocycles. The minimum Gasteiger partial charge on any atom is -0.493 e. The quantitative estimate of drug-likeness (QED) is 0.225. The van der Waals surface area contributed by atoms with Crippen LogP contribution in [0.25, 0.3) is 0 Å². The molecule has 0 radical (unpaired) electrons. The Labute approximate surface area is 226 Å². The van der Waals surface area contributed by atoms with Crippen molar-refractivity contribution in [3.05, 3.63) is 76.8 Å². The molecule has 0 unspecified atom stereocenters. The second-order valence-electron chi connectivity index (χ2n) is 7.90. The van der Waals surface area contributed by atoms with Gasteiger partial charge < -0.3 is 24.3 Å². The molecule has 2 amide bonds. The van der Waals surface area contributed by atoms with Crippen LogP contribution in [-0.2, 0) is 4.79 Å². The largest absolute Gasteiger partial charge is 0.493 e. The van der Waals surface area contributed by atoms with E-state index >= 15 is 0 Å². The van der Waals surface area contributed by atoms with Crippen LogP contribution in [0, 0.1) is 0 Å². The van der Waals surface area contributed by atoms with Crippen LogP contribution in [0.3, 0.4) is 0 Å². The van der Waals surface area contributed by atoms with Crippen molar-refractivity contribution in [3.8, 4) is 23.0 Å². The number of anilines is 1. The van der Waals surface area contributed by atoms with Gasteiger partial charge in [0.05, 0.1) is 26.5 Å². The molecule has 0 aromatic heterocycles. The summed E-state index contributed by atoms with van der Waals surface area (Å²) in [5, 5.41) is 7.35. The van der Waals surface area contributed by atoms with E-state index in [4.69, 9.17) is 30.5 Å². The molecule has 2 N–H and O–H groups in total. The van der Waals surface area contributed by atoms with E-state index in [2.05, 4.69) is 15.8 Å². The molecular weight excluding hydrogens is 510 g/mol. The molecule has 3 rings (SSSR count). The van der Waals surface area contributed by atoms with Gasteiger partial charge in [-0.25, -0.2) is 5.43 Å². The second-order valence-corrected chi connectivity index (χ2v) is 8.33. The van der Waals surface area contributed by atoms with Gasteiger partial charge in [-0.2, -0.15) is 5.10 Å². The number of ether oxygens (including phenoxy) is 4. The Bertz CT molecular complexity index is 1260. The first-order valence-electron chi connectivity index (χ1n) is 12.0. The van der Waals surface area contributed by atoms with Crippen molar-refractivity contribution in [2.24, 2.45) is 5.10 Å². The topological polar surface area (TPSA) is 107 Å². The minimum atomic E-state index is -0.404. The van der Waals surface area contributed by atoms with Crippen molar-refractivity contribution in [2.75, 3.05) is 32.2 Å². The number of carbonyl (C=O) groups excluding carboxylic acids is 2. The van der Waals surface area contributed by atoms with E-state index < -0.39 is 5.91 Å². The molecule has 0 saturated carbocycles. The SMILES string of the molecule is CCCOc1ccc(C(=O)N/N=C/c2ccc(OCC(=O)Nc3ccc(Cl)cc3)c(OCC)c2)cc1OC.